The van der Waals surface area contributed by atoms with Gasteiger partial charge in [0, 0.05) is 23.9 Å². The van der Waals surface area contributed by atoms with Gasteiger partial charge >= 0.3 is 5.91 Å². The molecule has 4 aromatic rings. The van der Waals surface area contributed by atoms with Crippen LogP contribution in [0.4, 0.5) is 5.69 Å². The minimum Gasteiger partial charge on any atom is -0.454 e. The van der Waals surface area contributed by atoms with Crippen molar-refractivity contribution in [3.05, 3.63) is 101 Å². The van der Waals surface area contributed by atoms with Crippen LogP contribution in [0.25, 0.3) is 17.0 Å². The molecule has 6 rings (SSSR count). The topological polar surface area (TPSA) is 97.5 Å². The van der Waals surface area contributed by atoms with Crippen LogP contribution in [0.1, 0.15) is 31.0 Å². The van der Waals surface area contributed by atoms with E-state index >= 15 is 0 Å². The van der Waals surface area contributed by atoms with Crippen LogP contribution in [0.15, 0.2) is 83.9 Å². The second-order valence-electron chi connectivity index (χ2n) is 9.02. The summed E-state index contributed by atoms with van der Waals surface area (Å²) < 4.78 is 13.8. The maximum atomic E-state index is 14.1. The molecule has 0 saturated carbocycles. The third kappa shape index (κ3) is 3.55. The predicted octanol–water partition coefficient (Wildman–Crippen LogP) is 3.25. The average molecular weight is 496 g/mol. The molecule has 2 aliphatic rings. The van der Waals surface area contributed by atoms with E-state index in [2.05, 4.69) is 5.10 Å². The number of nitrogens with zero attached hydrogens (tertiary/aromatic N) is 3. The van der Waals surface area contributed by atoms with Gasteiger partial charge in [0.05, 0.1) is 16.9 Å². The van der Waals surface area contributed by atoms with Crippen LogP contribution in [-0.4, -0.2) is 28.4 Å². The van der Waals surface area contributed by atoms with Crippen molar-refractivity contribution in [1.29, 1.82) is 0 Å². The summed E-state index contributed by atoms with van der Waals surface area (Å²) in [4.78, 5) is 42.9. The number of fused-ring (bicyclic) bond motifs is 1. The monoisotopic (exact) mass is 495 g/mol. The molecule has 0 aliphatic carbocycles. The zero-order valence-electron chi connectivity index (χ0n) is 20.2. The number of anilines is 1. The number of amides is 2. The van der Waals surface area contributed by atoms with E-state index in [4.69, 9.17) is 9.47 Å². The Labute approximate surface area is 211 Å². The van der Waals surface area contributed by atoms with Crippen LogP contribution >= 0.6 is 0 Å². The highest BCUT2D eigenvalue weighted by molar-refractivity contribution is 6.53. The van der Waals surface area contributed by atoms with Crippen LogP contribution < -0.4 is 24.5 Å². The van der Waals surface area contributed by atoms with Crippen molar-refractivity contribution in [3.8, 4) is 17.2 Å². The number of aromatic amines is 1. The summed E-state index contributed by atoms with van der Waals surface area (Å²) in [5, 5.41) is 3.18. The molecule has 0 fully saturated rings. The Bertz CT molecular complexity index is 1630. The molecule has 1 N–H and O–H groups in total. The Kier molecular flexibility index (Phi) is 5.26. The molecule has 184 valence electrons. The highest BCUT2D eigenvalue weighted by Crippen LogP contribution is 2.39. The molecule has 2 amide bonds. The van der Waals surface area contributed by atoms with Crippen molar-refractivity contribution >= 4 is 28.8 Å². The van der Waals surface area contributed by atoms with E-state index in [-0.39, 0.29) is 29.5 Å². The van der Waals surface area contributed by atoms with Crippen LogP contribution in [0, 0.1) is 0 Å². The number of pyridine rings is 1. The maximum absolute atomic E-state index is 14.1. The fourth-order valence-electron chi connectivity index (χ4n) is 4.66. The first-order chi connectivity index (χ1) is 18.0. The van der Waals surface area contributed by atoms with Gasteiger partial charge in [-0.05, 0) is 30.2 Å². The van der Waals surface area contributed by atoms with E-state index in [1.54, 1.807) is 59.4 Å². The van der Waals surface area contributed by atoms with Crippen molar-refractivity contribution in [1.82, 2.24) is 9.78 Å². The summed E-state index contributed by atoms with van der Waals surface area (Å²) >= 11 is 0. The SMILES string of the molecule is CC(C)c1[nH]n(-c2ccccc2)c(=O)c1C1=C([n+]2ccccc2)C(=O)N(c2ccc3c(c2)OCO3)C1=O. The highest BCUT2D eigenvalue weighted by atomic mass is 16.7. The maximum Gasteiger partial charge on any atom is 0.331 e. The smallest absolute Gasteiger partial charge is 0.331 e. The van der Waals surface area contributed by atoms with Gasteiger partial charge in [-0.3, -0.25) is 19.5 Å². The number of nitrogens with one attached hydrogen (secondary N) is 1. The summed E-state index contributed by atoms with van der Waals surface area (Å²) in [5.41, 5.74) is 1.42. The van der Waals surface area contributed by atoms with Crippen molar-refractivity contribution in [2.45, 2.75) is 19.8 Å². The number of aromatic nitrogens is 3. The molecular formula is C28H23N4O5+. The molecule has 9 nitrogen and oxygen atoms in total. The predicted molar refractivity (Wildman–Crippen MR) is 135 cm³/mol. The van der Waals surface area contributed by atoms with E-state index in [0.29, 0.717) is 28.6 Å². The lowest BCUT2D eigenvalue weighted by Gasteiger charge is -2.14. The Morgan fingerprint density at radius 2 is 1.54 bits per heavy atom. The molecule has 0 radical (unpaired) electrons. The molecule has 2 aliphatic heterocycles. The van der Waals surface area contributed by atoms with Crippen molar-refractivity contribution < 1.29 is 23.6 Å². The van der Waals surface area contributed by atoms with Gasteiger partial charge in [0.25, 0.3) is 17.2 Å². The average Bonchev–Trinajstić information content (AvgIpc) is 3.58. The third-order valence-electron chi connectivity index (χ3n) is 6.41. The fourth-order valence-corrected chi connectivity index (χ4v) is 4.66. The van der Waals surface area contributed by atoms with Crippen molar-refractivity contribution in [2.75, 3.05) is 11.7 Å². The van der Waals surface area contributed by atoms with Gasteiger partial charge in [0.2, 0.25) is 6.79 Å². The second kappa shape index (κ2) is 8.63. The van der Waals surface area contributed by atoms with E-state index in [9.17, 15) is 14.4 Å². The molecule has 9 heteroatoms. The molecular weight excluding hydrogens is 472 g/mol. The Morgan fingerprint density at radius 1 is 0.838 bits per heavy atom. The number of hydrogen-bond acceptors (Lipinski definition) is 5. The van der Waals surface area contributed by atoms with Gasteiger partial charge in [0.15, 0.2) is 23.9 Å². The molecule has 4 heterocycles. The molecule has 0 unspecified atom stereocenters. The van der Waals surface area contributed by atoms with Crippen LogP contribution in [-0.2, 0) is 9.59 Å². The van der Waals surface area contributed by atoms with Crippen LogP contribution in [0.2, 0.25) is 0 Å². The summed E-state index contributed by atoms with van der Waals surface area (Å²) in [6, 6.07) is 19.3. The number of benzene rings is 2. The number of hydrogen-bond donors (Lipinski definition) is 1. The Balaban J connectivity index is 1.59. The first-order valence-corrected chi connectivity index (χ1v) is 11.9. The number of H-pyrrole nitrogens is 1. The fraction of sp³-hybridized carbons (Fsp3) is 0.143. The number of carbonyl (C=O) groups excluding carboxylic acids is 2. The highest BCUT2D eigenvalue weighted by Gasteiger charge is 2.48. The molecule has 2 aromatic heterocycles. The zero-order chi connectivity index (χ0) is 25.7. The summed E-state index contributed by atoms with van der Waals surface area (Å²) in [7, 11) is 0. The minimum absolute atomic E-state index is 0.0403. The van der Waals surface area contributed by atoms with E-state index in [1.807, 2.05) is 38.1 Å². The molecule has 0 saturated heterocycles. The zero-order valence-corrected chi connectivity index (χ0v) is 20.2. The lowest BCUT2D eigenvalue weighted by atomic mass is 9.98. The molecule has 0 spiro atoms. The Hall–Kier alpha value is -4.92. The lowest BCUT2D eigenvalue weighted by molar-refractivity contribution is -0.576. The van der Waals surface area contributed by atoms with Gasteiger partial charge < -0.3 is 9.47 Å². The Morgan fingerprint density at radius 3 is 2.27 bits per heavy atom. The number of para-hydroxylation sites is 1. The summed E-state index contributed by atoms with van der Waals surface area (Å²) in [6.07, 6.45) is 3.36. The first kappa shape index (κ1) is 22.5. The molecule has 37 heavy (non-hydrogen) atoms. The number of ether oxygens (including phenoxy) is 2. The number of rotatable bonds is 5. The van der Waals surface area contributed by atoms with Gasteiger partial charge in [-0.2, -0.15) is 4.57 Å². The van der Waals surface area contributed by atoms with Crippen molar-refractivity contribution in [3.63, 3.8) is 0 Å². The van der Waals surface area contributed by atoms with Crippen LogP contribution in [0.5, 0.6) is 11.5 Å². The standard InChI is InChI=1S/C28H22N4O5/c1-17(2)24-22(27(34)32(29-24)18-9-5-3-6-10-18)23-25(30-13-7-4-8-14-30)28(35)31(26(23)33)19-11-12-20-21(15-19)37-16-36-20/h3-15,17H,16H2,1-2H3/p+1. The van der Waals surface area contributed by atoms with Gasteiger partial charge in [-0.15, -0.1) is 0 Å². The van der Waals surface area contributed by atoms with Gasteiger partial charge in [0.1, 0.15) is 5.57 Å². The minimum atomic E-state index is -0.589. The van der Waals surface area contributed by atoms with E-state index < -0.39 is 17.4 Å². The first-order valence-electron chi connectivity index (χ1n) is 11.9. The second-order valence-corrected chi connectivity index (χ2v) is 9.02. The number of carbonyl (C=O) groups is 2. The van der Waals surface area contributed by atoms with Gasteiger partial charge in [-0.25, -0.2) is 9.58 Å². The van der Waals surface area contributed by atoms with Crippen LogP contribution in [0.3, 0.4) is 0 Å². The third-order valence-corrected chi connectivity index (χ3v) is 6.41. The molecule has 2 aromatic carbocycles. The van der Waals surface area contributed by atoms with E-state index in [0.717, 1.165) is 4.90 Å². The molecule has 0 bridgehead atoms. The summed E-state index contributed by atoms with van der Waals surface area (Å²) in [5.74, 6) is -0.293. The number of imide groups is 1. The molecule has 0 atom stereocenters. The quantitative estimate of drug-likeness (QED) is 0.339. The lowest BCUT2D eigenvalue weighted by Crippen LogP contribution is -2.39. The summed E-state index contributed by atoms with van der Waals surface area (Å²) in [6.45, 7) is 3.92. The van der Waals surface area contributed by atoms with E-state index in [1.165, 1.54) is 4.68 Å². The van der Waals surface area contributed by atoms with Gasteiger partial charge in [-0.1, -0.05) is 38.1 Å². The largest absolute Gasteiger partial charge is 0.454 e. The normalized spacial score (nSPS) is 14.8. The van der Waals surface area contributed by atoms with Crippen molar-refractivity contribution in [2.24, 2.45) is 0 Å².